The predicted molar refractivity (Wildman–Crippen MR) is 91.3 cm³/mol. The van der Waals surface area contributed by atoms with E-state index < -0.39 is 10.0 Å². The Bertz CT molecular complexity index is 671. The highest BCUT2D eigenvalue weighted by atomic mass is 35.5. The summed E-state index contributed by atoms with van der Waals surface area (Å²) in [4.78, 5) is 13.7. The standard InChI is InChI=1S/C15H20Cl2N2O3S/c1-2-3-7-14(20)18-8-10-19(11-9-18)23(21,22)13-6-4-5-12(16)15(13)17/h4-6H,2-3,7-11H2,1H3. The van der Waals surface area contributed by atoms with E-state index in [-0.39, 0.29) is 33.9 Å². The minimum absolute atomic E-state index is 0.0115. The number of nitrogens with zero attached hydrogens (tertiary/aromatic N) is 2. The van der Waals surface area contributed by atoms with Gasteiger partial charge in [-0.05, 0) is 18.6 Å². The lowest BCUT2D eigenvalue weighted by atomic mass is 10.2. The lowest BCUT2D eigenvalue weighted by Gasteiger charge is -2.34. The lowest BCUT2D eigenvalue weighted by molar-refractivity contribution is -0.132. The predicted octanol–water partition coefficient (Wildman–Crippen LogP) is 3.02. The molecule has 0 N–H and O–H groups in total. The average molecular weight is 379 g/mol. The van der Waals surface area contributed by atoms with E-state index in [0.717, 1.165) is 12.8 Å². The number of carbonyl (C=O) groups is 1. The van der Waals surface area contributed by atoms with Crippen molar-refractivity contribution in [1.29, 1.82) is 0 Å². The molecule has 0 spiro atoms. The van der Waals surface area contributed by atoms with Gasteiger partial charge in [0.2, 0.25) is 15.9 Å². The second-order valence-electron chi connectivity index (χ2n) is 5.44. The quantitative estimate of drug-likeness (QED) is 0.790. The smallest absolute Gasteiger partial charge is 0.244 e. The molecule has 1 amide bonds. The van der Waals surface area contributed by atoms with Gasteiger partial charge in [-0.15, -0.1) is 0 Å². The molecule has 0 unspecified atom stereocenters. The Morgan fingerprint density at radius 3 is 2.43 bits per heavy atom. The van der Waals surface area contributed by atoms with Crippen LogP contribution < -0.4 is 0 Å². The van der Waals surface area contributed by atoms with E-state index in [1.165, 1.54) is 10.4 Å². The van der Waals surface area contributed by atoms with Crippen molar-refractivity contribution < 1.29 is 13.2 Å². The molecule has 0 aromatic heterocycles. The summed E-state index contributed by atoms with van der Waals surface area (Å²) in [5.74, 6) is 0.0877. The van der Waals surface area contributed by atoms with Crippen molar-refractivity contribution in [1.82, 2.24) is 9.21 Å². The van der Waals surface area contributed by atoms with Gasteiger partial charge in [0.05, 0.1) is 10.0 Å². The van der Waals surface area contributed by atoms with Crippen molar-refractivity contribution in [3.05, 3.63) is 28.2 Å². The zero-order valence-corrected chi connectivity index (χ0v) is 15.3. The van der Waals surface area contributed by atoms with Gasteiger partial charge in [-0.1, -0.05) is 42.6 Å². The second kappa shape index (κ2) is 7.83. The molecule has 1 aromatic carbocycles. The lowest BCUT2D eigenvalue weighted by Crippen LogP contribution is -2.50. The van der Waals surface area contributed by atoms with Gasteiger partial charge in [-0.2, -0.15) is 4.31 Å². The third-order valence-corrected chi connectivity index (χ3v) is 6.74. The summed E-state index contributed by atoms with van der Waals surface area (Å²) in [6.45, 7) is 3.37. The third-order valence-electron chi connectivity index (χ3n) is 3.87. The number of hydrogen-bond acceptors (Lipinski definition) is 3. The number of sulfonamides is 1. The van der Waals surface area contributed by atoms with Crippen LogP contribution in [0.25, 0.3) is 0 Å². The molecule has 0 saturated carbocycles. The molecule has 1 aliphatic heterocycles. The van der Waals surface area contributed by atoms with E-state index >= 15 is 0 Å². The normalized spacial score (nSPS) is 16.6. The summed E-state index contributed by atoms with van der Waals surface area (Å²) < 4.78 is 26.7. The topological polar surface area (TPSA) is 57.7 Å². The molecule has 8 heteroatoms. The van der Waals surface area contributed by atoms with Gasteiger partial charge in [-0.3, -0.25) is 4.79 Å². The molecular formula is C15H20Cl2N2O3S. The summed E-state index contributed by atoms with van der Waals surface area (Å²) in [7, 11) is -3.70. The van der Waals surface area contributed by atoms with Gasteiger partial charge >= 0.3 is 0 Å². The van der Waals surface area contributed by atoms with Crippen LogP contribution in [-0.2, 0) is 14.8 Å². The monoisotopic (exact) mass is 378 g/mol. The minimum atomic E-state index is -3.70. The molecule has 0 aliphatic carbocycles. The van der Waals surface area contributed by atoms with E-state index in [4.69, 9.17) is 23.2 Å². The third kappa shape index (κ3) is 4.18. The van der Waals surface area contributed by atoms with Crippen LogP contribution in [0.3, 0.4) is 0 Å². The van der Waals surface area contributed by atoms with Crippen LogP contribution in [-0.4, -0.2) is 49.7 Å². The van der Waals surface area contributed by atoms with Crippen LogP contribution >= 0.6 is 23.2 Å². The number of rotatable bonds is 5. The van der Waals surface area contributed by atoms with Crippen molar-refractivity contribution in [3.63, 3.8) is 0 Å². The number of benzene rings is 1. The number of amides is 1. The maximum absolute atomic E-state index is 12.7. The Hall–Kier alpha value is -0.820. The Morgan fingerprint density at radius 1 is 1.17 bits per heavy atom. The summed E-state index contributed by atoms with van der Waals surface area (Å²) >= 11 is 11.9. The van der Waals surface area contributed by atoms with Crippen LogP contribution in [0, 0.1) is 0 Å². The first-order valence-electron chi connectivity index (χ1n) is 7.60. The maximum atomic E-state index is 12.7. The molecule has 1 heterocycles. The highest BCUT2D eigenvalue weighted by molar-refractivity contribution is 7.89. The van der Waals surface area contributed by atoms with E-state index in [9.17, 15) is 13.2 Å². The fraction of sp³-hybridized carbons (Fsp3) is 0.533. The van der Waals surface area contributed by atoms with Gasteiger partial charge in [-0.25, -0.2) is 8.42 Å². The fourth-order valence-corrected chi connectivity index (χ4v) is 4.64. The Morgan fingerprint density at radius 2 is 1.83 bits per heavy atom. The molecule has 23 heavy (non-hydrogen) atoms. The zero-order valence-electron chi connectivity index (χ0n) is 13.0. The Labute approximate surface area is 147 Å². The van der Waals surface area contributed by atoms with E-state index in [1.807, 2.05) is 6.92 Å². The summed E-state index contributed by atoms with van der Waals surface area (Å²) in [6, 6.07) is 4.56. The number of halogens is 2. The molecule has 0 radical (unpaired) electrons. The van der Waals surface area contributed by atoms with Crippen molar-refractivity contribution in [2.45, 2.75) is 31.1 Å². The molecule has 1 saturated heterocycles. The van der Waals surface area contributed by atoms with Crippen LogP contribution in [0.1, 0.15) is 26.2 Å². The second-order valence-corrected chi connectivity index (χ2v) is 8.13. The summed E-state index contributed by atoms with van der Waals surface area (Å²) in [5, 5.41) is 0.247. The number of piperazine rings is 1. The maximum Gasteiger partial charge on any atom is 0.244 e. The fourth-order valence-electron chi connectivity index (χ4n) is 2.49. The van der Waals surface area contributed by atoms with E-state index in [0.29, 0.717) is 19.5 Å². The first-order chi connectivity index (χ1) is 10.9. The van der Waals surface area contributed by atoms with Crippen LogP contribution in [0.4, 0.5) is 0 Å². The van der Waals surface area contributed by atoms with E-state index in [2.05, 4.69) is 0 Å². The molecule has 0 bridgehead atoms. The summed E-state index contributed by atoms with van der Waals surface area (Å²) in [5.41, 5.74) is 0. The minimum Gasteiger partial charge on any atom is -0.340 e. The molecular weight excluding hydrogens is 359 g/mol. The summed E-state index contributed by atoms with van der Waals surface area (Å²) in [6.07, 6.45) is 2.34. The molecule has 0 atom stereocenters. The molecule has 2 rings (SSSR count). The largest absolute Gasteiger partial charge is 0.340 e. The van der Waals surface area contributed by atoms with Crippen molar-refractivity contribution in [3.8, 4) is 0 Å². The van der Waals surface area contributed by atoms with Gasteiger partial charge in [0.15, 0.2) is 0 Å². The highest BCUT2D eigenvalue weighted by Gasteiger charge is 2.31. The van der Waals surface area contributed by atoms with E-state index in [1.54, 1.807) is 17.0 Å². The zero-order chi connectivity index (χ0) is 17.0. The van der Waals surface area contributed by atoms with Crippen molar-refractivity contribution in [2.24, 2.45) is 0 Å². The average Bonchev–Trinajstić information content (AvgIpc) is 2.55. The molecule has 128 valence electrons. The molecule has 1 aliphatic rings. The van der Waals surface area contributed by atoms with Crippen molar-refractivity contribution >= 4 is 39.1 Å². The number of unbranched alkanes of at least 4 members (excludes halogenated alkanes) is 1. The van der Waals surface area contributed by atoms with Crippen molar-refractivity contribution in [2.75, 3.05) is 26.2 Å². The van der Waals surface area contributed by atoms with Gasteiger partial charge < -0.3 is 4.90 Å². The van der Waals surface area contributed by atoms with Crippen LogP contribution in [0.5, 0.6) is 0 Å². The molecule has 1 fully saturated rings. The van der Waals surface area contributed by atoms with Gasteiger partial charge in [0.1, 0.15) is 4.90 Å². The Kier molecular flexibility index (Phi) is 6.31. The number of carbonyl (C=O) groups excluding carboxylic acids is 1. The highest BCUT2D eigenvalue weighted by Crippen LogP contribution is 2.31. The number of hydrogen-bond donors (Lipinski definition) is 0. The van der Waals surface area contributed by atoms with Gasteiger partial charge in [0, 0.05) is 32.6 Å². The molecule has 5 nitrogen and oxygen atoms in total. The van der Waals surface area contributed by atoms with Crippen LogP contribution in [0.15, 0.2) is 23.1 Å². The Balaban J connectivity index is 2.07. The van der Waals surface area contributed by atoms with Crippen LogP contribution in [0.2, 0.25) is 10.0 Å². The SMILES string of the molecule is CCCCC(=O)N1CCN(S(=O)(=O)c2cccc(Cl)c2Cl)CC1. The molecule has 1 aromatic rings. The van der Waals surface area contributed by atoms with Gasteiger partial charge in [0.25, 0.3) is 0 Å². The first kappa shape index (κ1) is 18.5. The first-order valence-corrected chi connectivity index (χ1v) is 9.79.